The molecular formula is C22H18F3N3O3S. The number of fused-ring (bicyclic) bond motifs is 2. The SMILES string of the molecule is CS(=O)(=O)c1ccc(NCC#Cc2cn(CC(F)(F)F)c3cccc(N)c23)c2occc12. The van der Waals surface area contributed by atoms with Crippen molar-refractivity contribution in [1.82, 2.24) is 4.57 Å². The number of anilines is 2. The van der Waals surface area contributed by atoms with Crippen LogP contribution in [0.2, 0.25) is 0 Å². The third-order valence-corrected chi connectivity index (χ3v) is 6.01. The van der Waals surface area contributed by atoms with Gasteiger partial charge in [0.15, 0.2) is 15.4 Å². The van der Waals surface area contributed by atoms with Crippen molar-refractivity contribution < 1.29 is 26.0 Å². The van der Waals surface area contributed by atoms with Gasteiger partial charge in [-0.15, -0.1) is 0 Å². The number of nitrogens with one attached hydrogen (secondary N) is 1. The van der Waals surface area contributed by atoms with Gasteiger partial charge < -0.3 is 20.0 Å². The highest BCUT2D eigenvalue weighted by atomic mass is 32.2. The van der Waals surface area contributed by atoms with Crippen LogP contribution in [0.5, 0.6) is 0 Å². The summed E-state index contributed by atoms with van der Waals surface area (Å²) in [7, 11) is -3.42. The lowest BCUT2D eigenvalue weighted by Crippen LogP contribution is -2.16. The number of furan rings is 1. The van der Waals surface area contributed by atoms with Gasteiger partial charge in [0.25, 0.3) is 0 Å². The van der Waals surface area contributed by atoms with Gasteiger partial charge in [-0.1, -0.05) is 17.9 Å². The summed E-state index contributed by atoms with van der Waals surface area (Å²) in [6, 6.07) is 9.41. The Morgan fingerprint density at radius 1 is 1.19 bits per heavy atom. The van der Waals surface area contributed by atoms with Crippen LogP contribution in [-0.2, 0) is 16.4 Å². The van der Waals surface area contributed by atoms with E-state index < -0.39 is 22.6 Å². The maximum Gasteiger partial charge on any atom is 0.406 e. The molecule has 10 heteroatoms. The number of alkyl halides is 3. The minimum atomic E-state index is -4.38. The molecule has 0 atom stereocenters. The Kier molecular flexibility index (Phi) is 5.30. The highest BCUT2D eigenvalue weighted by molar-refractivity contribution is 7.91. The topological polar surface area (TPSA) is 90.3 Å². The molecule has 0 bridgehead atoms. The standard InChI is InChI=1S/C22H18F3N3O3S/c1-32(29,30)19-8-7-17(21-15(19)9-11-31-21)27-10-3-4-14-12-28(13-22(23,24)25)18-6-2-5-16(26)20(14)18/h2,5-9,11-12,27H,10,13,26H2,1H3. The second-order valence-electron chi connectivity index (χ2n) is 7.23. The van der Waals surface area contributed by atoms with Crippen molar-refractivity contribution in [2.45, 2.75) is 17.6 Å². The Hall–Kier alpha value is -3.58. The molecule has 0 amide bonds. The Morgan fingerprint density at radius 2 is 1.97 bits per heavy atom. The average Bonchev–Trinajstić information content (AvgIpc) is 3.29. The number of halogens is 3. The van der Waals surface area contributed by atoms with Gasteiger partial charge in [-0.25, -0.2) is 8.42 Å². The molecule has 4 aromatic rings. The first kappa shape index (κ1) is 21.6. The minimum absolute atomic E-state index is 0.146. The Morgan fingerprint density at radius 3 is 2.69 bits per heavy atom. The lowest BCUT2D eigenvalue weighted by atomic mass is 10.1. The van der Waals surface area contributed by atoms with E-state index in [1.54, 1.807) is 30.3 Å². The molecule has 6 nitrogen and oxygen atoms in total. The van der Waals surface area contributed by atoms with E-state index in [0.29, 0.717) is 38.8 Å². The summed E-state index contributed by atoms with van der Waals surface area (Å²) in [5.41, 5.74) is 8.00. The van der Waals surface area contributed by atoms with E-state index in [0.717, 1.165) is 10.8 Å². The molecule has 3 N–H and O–H groups in total. The number of nitrogens with zero attached hydrogens (tertiary/aromatic N) is 1. The average molecular weight is 461 g/mol. The van der Waals surface area contributed by atoms with Crippen LogP contribution in [0.1, 0.15) is 5.56 Å². The van der Waals surface area contributed by atoms with Gasteiger partial charge in [0.05, 0.1) is 34.5 Å². The third-order valence-electron chi connectivity index (χ3n) is 4.85. The molecule has 2 heterocycles. The molecule has 0 fully saturated rings. The van der Waals surface area contributed by atoms with Gasteiger partial charge in [0.2, 0.25) is 0 Å². The largest absolute Gasteiger partial charge is 0.462 e. The maximum atomic E-state index is 12.9. The lowest BCUT2D eigenvalue weighted by molar-refractivity contribution is -0.139. The molecule has 0 radical (unpaired) electrons. The normalized spacial score (nSPS) is 12.1. The zero-order chi connectivity index (χ0) is 23.1. The summed E-state index contributed by atoms with van der Waals surface area (Å²) in [6.07, 6.45) is -0.523. The van der Waals surface area contributed by atoms with Gasteiger partial charge in [0.1, 0.15) is 6.54 Å². The van der Waals surface area contributed by atoms with Crippen molar-refractivity contribution in [2.75, 3.05) is 23.9 Å². The Balaban J connectivity index is 1.62. The smallest absolute Gasteiger partial charge is 0.406 e. The molecule has 0 aliphatic carbocycles. The van der Waals surface area contributed by atoms with Crippen LogP contribution in [0, 0.1) is 11.8 Å². The van der Waals surface area contributed by atoms with Crippen LogP contribution in [0.3, 0.4) is 0 Å². The van der Waals surface area contributed by atoms with Crippen LogP contribution < -0.4 is 11.1 Å². The van der Waals surface area contributed by atoms with Crippen LogP contribution in [0.4, 0.5) is 24.5 Å². The van der Waals surface area contributed by atoms with Crippen molar-refractivity contribution >= 4 is 43.1 Å². The minimum Gasteiger partial charge on any atom is -0.462 e. The second kappa shape index (κ2) is 7.84. The molecule has 2 aromatic carbocycles. The fraction of sp³-hybridized carbons (Fsp3) is 0.182. The van der Waals surface area contributed by atoms with Crippen molar-refractivity contribution in [1.29, 1.82) is 0 Å². The number of hydrogen-bond donors (Lipinski definition) is 2. The van der Waals surface area contributed by atoms with Crippen LogP contribution in [0.25, 0.3) is 21.9 Å². The maximum absolute atomic E-state index is 12.9. The second-order valence-corrected chi connectivity index (χ2v) is 9.21. The Bertz CT molecular complexity index is 1490. The predicted molar refractivity (Wildman–Crippen MR) is 117 cm³/mol. The monoisotopic (exact) mass is 461 g/mol. The summed E-state index contributed by atoms with van der Waals surface area (Å²) in [5, 5.41) is 3.97. The van der Waals surface area contributed by atoms with E-state index in [1.807, 2.05) is 0 Å². The van der Waals surface area contributed by atoms with Gasteiger partial charge >= 0.3 is 6.18 Å². The highest BCUT2D eigenvalue weighted by Crippen LogP contribution is 2.31. The molecule has 0 unspecified atom stereocenters. The number of rotatable bonds is 4. The number of sulfone groups is 1. The summed E-state index contributed by atoms with van der Waals surface area (Å²) in [5.74, 6) is 5.75. The Labute approximate surface area is 181 Å². The number of nitrogen functional groups attached to an aromatic ring is 1. The van der Waals surface area contributed by atoms with E-state index in [1.165, 1.54) is 18.5 Å². The van der Waals surface area contributed by atoms with E-state index in [-0.39, 0.29) is 11.4 Å². The van der Waals surface area contributed by atoms with Gasteiger partial charge in [-0.05, 0) is 30.3 Å². The van der Waals surface area contributed by atoms with Gasteiger partial charge in [-0.2, -0.15) is 13.2 Å². The van der Waals surface area contributed by atoms with E-state index in [9.17, 15) is 21.6 Å². The van der Waals surface area contributed by atoms with Crippen LogP contribution in [0.15, 0.2) is 58.2 Å². The zero-order valence-corrected chi connectivity index (χ0v) is 17.6. The molecule has 0 aliphatic heterocycles. The summed E-state index contributed by atoms with van der Waals surface area (Å²) < 4.78 is 69.2. The van der Waals surface area contributed by atoms with Crippen molar-refractivity contribution in [3.8, 4) is 11.8 Å². The summed E-state index contributed by atoms with van der Waals surface area (Å²) in [6.45, 7) is -0.997. The van der Waals surface area contributed by atoms with Crippen LogP contribution in [-0.4, -0.2) is 32.0 Å². The predicted octanol–water partition coefficient (Wildman–Crippen LogP) is 4.40. The first-order chi connectivity index (χ1) is 15.0. The third kappa shape index (κ3) is 4.24. The van der Waals surface area contributed by atoms with Crippen molar-refractivity contribution in [2.24, 2.45) is 0 Å². The van der Waals surface area contributed by atoms with E-state index in [4.69, 9.17) is 10.2 Å². The molecule has 2 aromatic heterocycles. The molecule has 0 saturated heterocycles. The van der Waals surface area contributed by atoms with Crippen molar-refractivity contribution in [3.05, 3.63) is 54.4 Å². The van der Waals surface area contributed by atoms with Crippen LogP contribution >= 0.6 is 0 Å². The molecular weight excluding hydrogens is 443 g/mol. The van der Waals surface area contributed by atoms with E-state index in [2.05, 4.69) is 17.2 Å². The lowest BCUT2D eigenvalue weighted by Gasteiger charge is -2.08. The zero-order valence-electron chi connectivity index (χ0n) is 16.8. The molecule has 0 saturated carbocycles. The summed E-state index contributed by atoms with van der Waals surface area (Å²) >= 11 is 0. The van der Waals surface area contributed by atoms with Gasteiger partial charge in [0, 0.05) is 28.9 Å². The van der Waals surface area contributed by atoms with Crippen molar-refractivity contribution in [3.63, 3.8) is 0 Å². The number of hydrogen-bond acceptors (Lipinski definition) is 5. The fourth-order valence-corrected chi connectivity index (χ4v) is 4.45. The van der Waals surface area contributed by atoms with Gasteiger partial charge in [-0.3, -0.25) is 0 Å². The van der Waals surface area contributed by atoms with E-state index >= 15 is 0 Å². The first-order valence-electron chi connectivity index (χ1n) is 9.42. The number of benzene rings is 2. The molecule has 166 valence electrons. The number of nitrogens with two attached hydrogens (primary N) is 1. The summed E-state index contributed by atoms with van der Waals surface area (Å²) in [4.78, 5) is 0.158. The fourth-order valence-electron chi connectivity index (χ4n) is 3.58. The number of aromatic nitrogens is 1. The molecule has 0 spiro atoms. The molecule has 0 aliphatic rings. The molecule has 32 heavy (non-hydrogen) atoms. The highest BCUT2D eigenvalue weighted by Gasteiger charge is 2.29. The quantitative estimate of drug-likeness (QED) is 0.347. The first-order valence-corrected chi connectivity index (χ1v) is 11.3. The molecule has 4 rings (SSSR count).